The number of benzene rings is 1. The lowest BCUT2D eigenvalue weighted by Gasteiger charge is -2.19. The zero-order valence-corrected chi connectivity index (χ0v) is 13.1. The fourth-order valence-corrected chi connectivity index (χ4v) is 3.06. The number of hydrogen-bond donors (Lipinski definition) is 1. The summed E-state index contributed by atoms with van der Waals surface area (Å²) in [6, 6.07) is 10.1. The van der Waals surface area contributed by atoms with Crippen molar-refractivity contribution in [3.05, 3.63) is 47.9 Å². The number of nitrogens with one attached hydrogen (secondary N) is 1. The molecule has 0 atom stereocenters. The topological polar surface area (TPSA) is 92.6 Å². The summed E-state index contributed by atoms with van der Waals surface area (Å²) in [4.78, 5) is 14.3. The van der Waals surface area contributed by atoms with Crippen LogP contribution in [0.25, 0.3) is 11.3 Å². The van der Waals surface area contributed by atoms with Crippen LogP contribution in [-0.2, 0) is 24.2 Å². The van der Waals surface area contributed by atoms with Crippen LogP contribution < -0.4 is 0 Å². The third-order valence-corrected chi connectivity index (χ3v) is 4.30. The Morgan fingerprint density at radius 3 is 2.79 bits per heavy atom. The molecular weight excluding hydrogens is 306 g/mol. The molecule has 122 valence electrons. The highest BCUT2D eigenvalue weighted by Gasteiger charge is 2.23. The quantitative estimate of drug-likeness (QED) is 0.765. The molecule has 2 aromatic heterocycles. The summed E-state index contributed by atoms with van der Waals surface area (Å²) in [5.41, 5.74) is 4.41. The van der Waals surface area contributed by atoms with Crippen LogP contribution in [0.15, 0.2) is 36.7 Å². The van der Waals surface area contributed by atoms with Gasteiger partial charge in [-0.2, -0.15) is 5.10 Å². The van der Waals surface area contributed by atoms with Crippen LogP contribution in [0.4, 0.5) is 0 Å². The van der Waals surface area contributed by atoms with Crippen molar-refractivity contribution in [3.63, 3.8) is 0 Å². The maximum atomic E-state index is 12.4. The average molecular weight is 323 g/mol. The van der Waals surface area contributed by atoms with Crippen molar-refractivity contribution in [2.45, 2.75) is 19.4 Å². The first kappa shape index (κ1) is 14.6. The van der Waals surface area contributed by atoms with E-state index in [-0.39, 0.29) is 12.5 Å². The van der Waals surface area contributed by atoms with Crippen molar-refractivity contribution < 1.29 is 4.79 Å². The molecule has 0 bridgehead atoms. The molecule has 0 radical (unpaired) electrons. The Balaban J connectivity index is 1.50. The van der Waals surface area contributed by atoms with E-state index in [2.05, 4.69) is 37.9 Å². The Bertz CT molecular complexity index is 826. The van der Waals surface area contributed by atoms with Gasteiger partial charge in [-0.15, -0.1) is 5.10 Å². The maximum Gasteiger partial charge on any atom is 0.244 e. The van der Waals surface area contributed by atoms with E-state index < -0.39 is 0 Å². The number of rotatable bonds is 3. The predicted molar refractivity (Wildman–Crippen MR) is 85.8 cm³/mol. The minimum Gasteiger partial charge on any atom is -0.340 e. The first-order valence-electron chi connectivity index (χ1n) is 7.91. The number of amides is 1. The summed E-state index contributed by atoms with van der Waals surface area (Å²) in [5, 5.41) is 18.5. The van der Waals surface area contributed by atoms with Gasteiger partial charge in [-0.05, 0) is 16.8 Å². The van der Waals surface area contributed by atoms with E-state index in [4.69, 9.17) is 0 Å². The molecule has 1 N–H and O–H groups in total. The number of tetrazole rings is 1. The van der Waals surface area contributed by atoms with Crippen molar-refractivity contribution in [2.75, 3.05) is 13.1 Å². The second-order valence-electron chi connectivity index (χ2n) is 5.78. The van der Waals surface area contributed by atoms with Crippen LogP contribution in [0.3, 0.4) is 0 Å². The number of carbonyl (C=O) groups is 1. The highest BCUT2D eigenvalue weighted by molar-refractivity contribution is 5.76. The van der Waals surface area contributed by atoms with Crippen molar-refractivity contribution in [1.82, 2.24) is 35.3 Å². The third kappa shape index (κ3) is 2.78. The Labute approximate surface area is 138 Å². The zero-order valence-electron chi connectivity index (χ0n) is 13.1. The summed E-state index contributed by atoms with van der Waals surface area (Å²) in [7, 11) is 0. The lowest BCUT2D eigenvalue weighted by atomic mass is 10.0. The molecule has 8 nitrogen and oxygen atoms in total. The molecule has 1 aliphatic heterocycles. The molecule has 3 aromatic rings. The summed E-state index contributed by atoms with van der Waals surface area (Å²) in [5.74, 6) is 0.0293. The van der Waals surface area contributed by atoms with Crippen molar-refractivity contribution >= 4 is 5.91 Å². The normalized spacial score (nSPS) is 14.2. The van der Waals surface area contributed by atoms with Gasteiger partial charge in [-0.1, -0.05) is 30.3 Å². The van der Waals surface area contributed by atoms with Gasteiger partial charge >= 0.3 is 0 Å². The lowest BCUT2D eigenvalue weighted by Crippen LogP contribution is -2.36. The monoisotopic (exact) mass is 323 g/mol. The first-order valence-corrected chi connectivity index (χ1v) is 7.91. The van der Waals surface area contributed by atoms with Gasteiger partial charge in [0.1, 0.15) is 12.9 Å². The number of aromatic amines is 1. The van der Waals surface area contributed by atoms with Crippen LogP contribution in [0.1, 0.15) is 11.3 Å². The number of aromatic nitrogens is 6. The van der Waals surface area contributed by atoms with E-state index >= 15 is 0 Å². The number of fused-ring (bicyclic) bond motifs is 1. The van der Waals surface area contributed by atoms with Gasteiger partial charge in [0.2, 0.25) is 5.91 Å². The minimum atomic E-state index is 0.0293. The van der Waals surface area contributed by atoms with E-state index in [0.29, 0.717) is 13.1 Å². The molecule has 0 fully saturated rings. The Morgan fingerprint density at radius 2 is 2.00 bits per heavy atom. The smallest absolute Gasteiger partial charge is 0.244 e. The number of H-pyrrole nitrogens is 1. The molecule has 0 unspecified atom stereocenters. The van der Waals surface area contributed by atoms with E-state index in [1.54, 1.807) is 0 Å². The second kappa shape index (κ2) is 6.23. The van der Waals surface area contributed by atoms with Crippen LogP contribution in [0.5, 0.6) is 0 Å². The lowest BCUT2D eigenvalue weighted by molar-refractivity contribution is -0.132. The first-order chi connectivity index (χ1) is 11.8. The van der Waals surface area contributed by atoms with Gasteiger partial charge in [0.15, 0.2) is 0 Å². The van der Waals surface area contributed by atoms with E-state index in [1.807, 2.05) is 23.1 Å². The summed E-state index contributed by atoms with van der Waals surface area (Å²) >= 11 is 0. The highest BCUT2D eigenvalue weighted by Crippen LogP contribution is 2.26. The van der Waals surface area contributed by atoms with Gasteiger partial charge in [-0.25, -0.2) is 4.68 Å². The number of hydrogen-bond acceptors (Lipinski definition) is 5. The van der Waals surface area contributed by atoms with E-state index in [1.165, 1.54) is 16.6 Å². The molecule has 3 heterocycles. The number of carbonyl (C=O) groups excluding carboxylic acids is 1. The van der Waals surface area contributed by atoms with Gasteiger partial charge in [0, 0.05) is 36.3 Å². The molecule has 0 spiro atoms. The fraction of sp³-hybridized carbons (Fsp3) is 0.312. The highest BCUT2D eigenvalue weighted by atomic mass is 16.2. The fourth-order valence-electron chi connectivity index (χ4n) is 3.06. The molecule has 0 saturated carbocycles. The SMILES string of the molecule is O=C(Cn1cnnn1)N1CCc2[nH]nc(-c3ccccc3)c2CC1. The van der Waals surface area contributed by atoms with Crippen molar-refractivity contribution in [1.29, 1.82) is 0 Å². The molecule has 8 heteroatoms. The van der Waals surface area contributed by atoms with Crippen molar-refractivity contribution in [3.8, 4) is 11.3 Å². The Kier molecular flexibility index (Phi) is 3.78. The number of nitrogens with zero attached hydrogens (tertiary/aromatic N) is 6. The van der Waals surface area contributed by atoms with Gasteiger partial charge in [0.25, 0.3) is 0 Å². The molecule has 1 amide bonds. The molecule has 0 aliphatic carbocycles. The minimum absolute atomic E-state index is 0.0293. The van der Waals surface area contributed by atoms with Crippen molar-refractivity contribution in [2.24, 2.45) is 0 Å². The molecule has 4 rings (SSSR count). The average Bonchev–Trinajstić information content (AvgIpc) is 3.21. The maximum absolute atomic E-state index is 12.4. The zero-order chi connectivity index (χ0) is 16.4. The van der Waals surface area contributed by atoms with E-state index in [9.17, 15) is 4.79 Å². The van der Waals surface area contributed by atoms with Crippen LogP contribution in [-0.4, -0.2) is 54.3 Å². The largest absolute Gasteiger partial charge is 0.340 e. The summed E-state index contributed by atoms with van der Waals surface area (Å²) in [6.45, 7) is 1.52. The Hall–Kier alpha value is -3.03. The standard InChI is InChI=1S/C16H17N7O/c24-15(10-23-11-17-20-21-23)22-8-6-13-14(7-9-22)18-19-16(13)12-4-2-1-3-5-12/h1-5,11H,6-10H2,(H,18,19). The van der Waals surface area contributed by atoms with Crippen LogP contribution in [0, 0.1) is 0 Å². The second-order valence-corrected chi connectivity index (χ2v) is 5.78. The van der Waals surface area contributed by atoms with E-state index in [0.717, 1.165) is 29.8 Å². The van der Waals surface area contributed by atoms with Gasteiger partial charge in [-0.3, -0.25) is 9.89 Å². The summed E-state index contributed by atoms with van der Waals surface area (Å²) in [6.07, 6.45) is 3.02. The van der Waals surface area contributed by atoms with Gasteiger partial charge in [0.05, 0.1) is 5.69 Å². The van der Waals surface area contributed by atoms with Crippen LogP contribution in [0.2, 0.25) is 0 Å². The molecule has 1 aliphatic rings. The molecule has 0 saturated heterocycles. The molecule has 24 heavy (non-hydrogen) atoms. The molecule has 1 aromatic carbocycles. The molecular formula is C16H17N7O. The predicted octanol–water partition coefficient (Wildman–Crippen LogP) is 0.691. The Morgan fingerprint density at radius 1 is 1.17 bits per heavy atom. The van der Waals surface area contributed by atoms with Gasteiger partial charge < -0.3 is 4.90 Å². The third-order valence-electron chi connectivity index (χ3n) is 4.30. The van der Waals surface area contributed by atoms with Crippen LogP contribution >= 0.6 is 0 Å². The summed E-state index contributed by atoms with van der Waals surface area (Å²) < 4.78 is 1.45.